The van der Waals surface area contributed by atoms with Crippen molar-refractivity contribution in [2.45, 2.75) is 0 Å². The third kappa shape index (κ3) is 4.82. The van der Waals surface area contributed by atoms with Crippen molar-refractivity contribution in [3.05, 3.63) is 119 Å². The first-order chi connectivity index (χ1) is 11.4. The van der Waals surface area contributed by atoms with Gasteiger partial charge in [0.05, 0.1) is 0 Å². The van der Waals surface area contributed by atoms with E-state index in [9.17, 15) is 0 Å². The zero-order valence-electron chi connectivity index (χ0n) is 12.6. The van der Waals surface area contributed by atoms with E-state index in [1.54, 1.807) is 0 Å². The molecule has 4 rings (SSSR count). The maximum Gasteiger partial charge on any atom is 2.00 e. The maximum atomic E-state index is 3.13. The molecule has 0 amide bonds. The van der Waals surface area contributed by atoms with Crippen LogP contribution in [-0.4, -0.2) is 0 Å². The molecule has 0 saturated carbocycles. The molecule has 1 radical (unpaired) electrons. The molecule has 111 valence electrons. The summed E-state index contributed by atoms with van der Waals surface area (Å²) in [6.07, 6.45) is 8.13. The zero-order chi connectivity index (χ0) is 15.7. The van der Waals surface area contributed by atoms with Crippen LogP contribution in [0.25, 0.3) is 0 Å². The predicted molar refractivity (Wildman–Crippen MR) is 93.4 cm³/mol. The second-order valence-corrected chi connectivity index (χ2v) is 6.63. The Labute approximate surface area is 156 Å². The van der Waals surface area contributed by atoms with E-state index >= 15 is 0 Å². The van der Waals surface area contributed by atoms with Crippen LogP contribution in [0.5, 0.6) is 0 Å². The summed E-state index contributed by atoms with van der Waals surface area (Å²) in [5, 5.41) is 3.67. The van der Waals surface area contributed by atoms with Crippen molar-refractivity contribution in [2.24, 2.45) is 0 Å². The summed E-state index contributed by atoms with van der Waals surface area (Å²) in [5.74, 6) is 0. The third-order valence-electron chi connectivity index (χ3n) is 2.99. The van der Waals surface area contributed by atoms with Crippen LogP contribution in [0.3, 0.4) is 0 Å². The molecule has 2 aliphatic carbocycles. The third-order valence-corrected chi connectivity index (χ3v) is 5.29. The smallest absolute Gasteiger partial charge is 0.288 e. The first kappa shape index (κ1) is 18.0. The van der Waals surface area contributed by atoms with Crippen molar-refractivity contribution in [3.8, 4) is 0 Å². The topological polar surface area (TPSA) is 0 Å². The molecule has 0 atom stereocenters. The first-order valence-electron chi connectivity index (χ1n) is 6.99. The van der Waals surface area contributed by atoms with Crippen molar-refractivity contribution >= 4 is 18.5 Å². The van der Waals surface area contributed by atoms with Crippen LogP contribution in [-0.2, 0) is 19.5 Å². The SMILES string of the molecule is C1=C=[C-]C(P(c2ccccc2)c2ccccc2)=C=1.[C]1=C=C=C=[C-]1.[Ru+2]. The van der Waals surface area contributed by atoms with Crippen molar-refractivity contribution in [1.82, 2.24) is 0 Å². The van der Waals surface area contributed by atoms with Gasteiger partial charge in [-0.05, 0) is 18.5 Å². The second kappa shape index (κ2) is 9.72. The van der Waals surface area contributed by atoms with Crippen LogP contribution in [0, 0.1) is 18.2 Å². The predicted octanol–water partition coefficient (Wildman–Crippen LogP) is 3.91. The van der Waals surface area contributed by atoms with Gasteiger partial charge in [0.15, 0.2) is 0 Å². The molecule has 0 nitrogen and oxygen atoms in total. The van der Waals surface area contributed by atoms with Gasteiger partial charge >= 0.3 is 19.5 Å². The maximum absolute atomic E-state index is 3.13. The molecule has 0 N–H and O–H groups in total. The molecule has 0 heterocycles. The van der Waals surface area contributed by atoms with Crippen LogP contribution >= 0.6 is 7.92 Å². The Morgan fingerprint density at radius 1 is 0.708 bits per heavy atom. The molecular weight excluding hydrogens is 396 g/mol. The molecule has 2 aromatic carbocycles. The average molecular weight is 406 g/mol. The zero-order valence-corrected chi connectivity index (χ0v) is 15.2. The largest absolute Gasteiger partial charge is 2.00 e. The summed E-state index contributed by atoms with van der Waals surface area (Å²) in [7, 11) is -0.583. The van der Waals surface area contributed by atoms with Crippen LogP contribution in [0.4, 0.5) is 0 Å². The first-order valence-corrected chi connectivity index (χ1v) is 8.33. The summed E-state index contributed by atoms with van der Waals surface area (Å²) in [5.41, 5.74) is 16.3. The minimum atomic E-state index is -0.583. The molecule has 0 fully saturated rings. The molecule has 2 aromatic rings. The normalized spacial score (nSPS) is 11.5. The molecule has 2 heteroatoms. The molecule has 0 spiro atoms. The fourth-order valence-corrected chi connectivity index (χ4v) is 4.13. The van der Waals surface area contributed by atoms with E-state index < -0.39 is 7.92 Å². The van der Waals surface area contributed by atoms with Crippen LogP contribution in [0.15, 0.2) is 100 Å². The molecule has 0 aliphatic heterocycles. The minimum absolute atomic E-state index is 0. The van der Waals surface area contributed by atoms with Gasteiger partial charge in [-0.25, -0.2) is 11.5 Å². The van der Waals surface area contributed by atoms with Gasteiger partial charge in [-0.3, -0.25) is 22.9 Å². The Kier molecular flexibility index (Phi) is 7.29. The van der Waals surface area contributed by atoms with E-state index in [1.165, 1.54) is 10.6 Å². The average Bonchev–Trinajstić information content (AvgIpc) is 3.34. The Morgan fingerprint density at radius 3 is 1.71 bits per heavy atom. The van der Waals surface area contributed by atoms with E-state index in [-0.39, 0.29) is 19.5 Å². The monoisotopic (exact) mass is 407 g/mol. The molecule has 0 aromatic heterocycles. The quantitative estimate of drug-likeness (QED) is 0.314. The number of benzene rings is 2. The van der Waals surface area contributed by atoms with Gasteiger partial charge < -0.3 is 0 Å². The van der Waals surface area contributed by atoms with Crippen LogP contribution < -0.4 is 10.6 Å². The Morgan fingerprint density at radius 2 is 1.33 bits per heavy atom. The van der Waals surface area contributed by atoms with Gasteiger partial charge in [-0.15, -0.1) is 18.2 Å². The number of hydrogen-bond acceptors (Lipinski definition) is 0. The fraction of sp³-hybridized carbons (Fsp3) is 0. The van der Waals surface area contributed by atoms with Gasteiger partial charge in [0.25, 0.3) is 0 Å². The van der Waals surface area contributed by atoms with Crippen LogP contribution in [0.1, 0.15) is 0 Å². The van der Waals surface area contributed by atoms with E-state index in [1.807, 2.05) is 12.1 Å². The van der Waals surface area contributed by atoms with Crippen molar-refractivity contribution in [1.29, 1.82) is 0 Å². The Hall–Kier alpha value is -2.35. The van der Waals surface area contributed by atoms with E-state index in [4.69, 9.17) is 0 Å². The summed E-state index contributed by atoms with van der Waals surface area (Å²) in [4.78, 5) is 0. The van der Waals surface area contributed by atoms with E-state index in [0.717, 1.165) is 5.31 Å². The standard InChI is InChI=1S/C17H10P.C5.Ru/c1-3-9-15(10-4-1)18(17-13-7-8-14-17)16-11-5-2-6-12-16;1-2-4-5-3-1;/h1-6,9-12H;;/q2*-1;+2. The summed E-state index contributed by atoms with van der Waals surface area (Å²) >= 11 is 0. The van der Waals surface area contributed by atoms with Gasteiger partial charge in [-0.1, -0.05) is 66.0 Å². The molecule has 0 saturated heterocycles. The second-order valence-electron chi connectivity index (χ2n) is 4.48. The van der Waals surface area contributed by atoms with Crippen LogP contribution in [0.2, 0.25) is 0 Å². The molecular formula is C22H10PRu. The van der Waals surface area contributed by atoms with E-state index in [0.29, 0.717) is 0 Å². The molecule has 24 heavy (non-hydrogen) atoms. The molecule has 0 unspecified atom stereocenters. The minimum Gasteiger partial charge on any atom is -0.288 e. The van der Waals surface area contributed by atoms with Crippen molar-refractivity contribution in [2.75, 3.05) is 0 Å². The van der Waals surface area contributed by atoms with Gasteiger partial charge in [-0.2, -0.15) is 0 Å². The van der Waals surface area contributed by atoms with E-state index in [2.05, 4.69) is 101 Å². The van der Waals surface area contributed by atoms with Gasteiger partial charge in [0, 0.05) is 0 Å². The summed E-state index contributed by atoms with van der Waals surface area (Å²) < 4.78 is 0. The molecule has 0 bridgehead atoms. The van der Waals surface area contributed by atoms with Gasteiger partial charge in [0.2, 0.25) is 0 Å². The number of hydrogen-bond donors (Lipinski definition) is 0. The summed E-state index contributed by atoms with van der Waals surface area (Å²) in [6, 6.07) is 21.0. The molecule has 2 aliphatic rings. The Balaban J connectivity index is 0.000000300. The number of allylic oxidation sites excluding steroid dienone is 4. The summed E-state index contributed by atoms with van der Waals surface area (Å²) in [6.45, 7) is 0. The van der Waals surface area contributed by atoms with Crippen molar-refractivity contribution in [3.63, 3.8) is 0 Å². The van der Waals surface area contributed by atoms with Crippen molar-refractivity contribution < 1.29 is 19.5 Å². The Bertz CT molecular complexity index is 907. The fourth-order valence-electron chi connectivity index (χ4n) is 2.04. The number of rotatable bonds is 3. The van der Waals surface area contributed by atoms with Gasteiger partial charge in [0.1, 0.15) is 0 Å².